The van der Waals surface area contributed by atoms with Crippen molar-refractivity contribution in [2.24, 2.45) is 0 Å². The molecule has 0 saturated carbocycles. The van der Waals surface area contributed by atoms with Crippen molar-refractivity contribution in [2.75, 3.05) is 12.3 Å². The second-order valence-electron chi connectivity index (χ2n) is 3.56. The van der Waals surface area contributed by atoms with Gasteiger partial charge in [0.1, 0.15) is 0 Å². The second-order valence-corrected chi connectivity index (χ2v) is 6.13. The Morgan fingerprint density at radius 3 is 2.71 bits per heavy atom. The maximum Gasteiger partial charge on any atom is 0.0650 e. The number of anilines is 1. The van der Waals surface area contributed by atoms with Crippen molar-refractivity contribution in [3.8, 4) is 0 Å². The Hall–Kier alpha value is -0.260. The van der Waals surface area contributed by atoms with Gasteiger partial charge >= 0.3 is 0 Å². The van der Waals surface area contributed by atoms with Gasteiger partial charge < -0.3 is 10.8 Å². The molecule has 0 aliphatic heterocycles. The number of rotatable bonds is 3. The zero-order valence-electron chi connectivity index (χ0n) is 8.12. The molecule has 0 unspecified atom stereocenters. The SMILES string of the molecule is CC(C)(CO)Sc1c(N)cncc1Br. The van der Waals surface area contributed by atoms with Crippen molar-refractivity contribution in [2.45, 2.75) is 23.5 Å². The number of aromatic nitrogens is 1. The summed E-state index contributed by atoms with van der Waals surface area (Å²) in [4.78, 5) is 4.88. The molecule has 1 aromatic rings. The van der Waals surface area contributed by atoms with Gasteiger partial charge in [0, 0.05) is 15.8 Å². The quantitative estimate of drug-likeness (QED) is 0.832. The van der Waals surface area contributed by atoms with E-state index in [1.165, 1.54) is 11.8 Å². The maximum atomic E-state index is 9.14. The Kier molecular flexibility index (Phi) is 3.80. The van der Waals surface area contributed by atoms with E-state index < -0.39 is 0 Å². The van der Waals surface area contributed by atoms with Crippen LogP contribution >= 0.6 is 27.7 Å². The van der Waals surface area contributed by atoms with Crippen LogP contribution < -0.4 is 5.73 Å². The molecule has 14 heavy (non-hydrogen) atoms. The number of halogens is 1. The molecular weight excluding hydrogens is 264 g/mol. The molecule has 5 heteroatoms. The van der Waals surface area contributed by atoms with Crippen LogP contribution in [0, 0.1) is 0 Å². The predicted octanol–water partition coefficient (Wildman–Crippen LogP) is 2.29. The minimum absolute atomic E-state index is 0.103. The monoisotopic (exact) mass is 276 g/mol. The van der Waals surface area contributed by atoms with Crippen molar-refractivity contribution >= 4 is 33.4 Å². The van der Waals surface area contributed by atoms with E-state index in [1.807, 2.05) is 13.8 Å². The van der Waals surface area contributed by atoms with Gasteiger partial charge in [0.15, 0.2) is 0 Å². The molecule has 1 rings (SSSR count). The summed E-state index contributed by atoms with van der Waals surface area (Å²) in [6.07, 6.45) is 3.31. The predicted molar refractivity (Wildman–Crippen MR) is 63.4 cm³/mol. The first-order chi connectivity index (χ1) is 6.46. The molecule has 0 atom stereocenters. The van der Waals surface area contributed by atoms with E-state index in [2.05, 4.69) is 20.9 Å². The molecule has 0 aliphatic carbocycles. The van der Waals surface area contributed by atoms with Crippen LogP contribution in [-0.2, 0) is 0 Å². The van der Waals surface area contributed by atoms with Gasteiger partial charge in [-0.25, -0.2) is 0 Å². The third-order valence-corrected chi connectivity index (χ3v) is 3.84. The van der Waals surface area contributed by atoms with Gasteiger partial charge in [0.05, 0.1) is 23.0 Å². The van der Waals surface area contributed by atoms with Crippen LogP contribution in [0.1, 0.15) is 13.8 Å². The summed E-state index contributed by atoms with van der Waals surface area (Å²) in [5, 5.41) is 9.14. The highest BCUT2D eigenvalue weighted by Crippen LogP contribution is 2.39. The molecule has 3 nitrogen and oxygen atoms in total. The van der Waals surface area contributed by atoms with E-state index in [9.17, 15) is 0 Å². The van der Waals surface area contributed by atoms with Crippen molar-refractivity contribution < 1.29 is 5.11 Å². The van der Waals surface area contributed by atoms with Crippen molar-refractivity contribution in [1.29, 1.82) is 0 Å². The topological polar surface area (TPSA) is 59.1 Å². The first-order valence-corrected chi connectivity index (χ1v) is 5.76. The molecule has 1 aromatic heterocycles. The standard InChI is InChI=1S/C9H13BrN2OS/c1-9(2,5-13)14-8-6(10)3-12-4-7(8)11/h3-4,13H,5,11H2,1-2H3. The number of thioether (sulfide) groups is 1. The zero-order chi connectivity index (χ0) is 10.8. The number of nitrogen functional groups attached to an aromatic ring is 1. The lowest BCUT2D eigenvalue weighted by Gasteiger charge is -2.22. The van der Waals surface area contributed by atoms with Crippen molar-refractivity contribution in [1.82, 2.24) is 4.98 Å². The largest absolute Gasteiger partial charge is 0.397 e. The molecule has 78 valence electrons. The molecule has 0 saturated heterocycles. The summed E-state index contributed by atoms with van der Waals surface area (Å²) in [6, 6.07) is 0. The first kappa shape index (κ1) is 11.8. The molecule has 0 fully saturated rings. The molecule has 0 radical (unpaired) electrons. The Bertz CT molecular complexity index is 310. The average molecular weight is 277 g/mol. The summed E-state index contributed by atoms with van der Waals surface area (Å²) >= 11 is 4.92. The lowest BCUT2D eigenvalue weighted by Crippen LogP contribution is -2.20. The van der Waals surface area contributed by atoms with Crippen molar-refractivity contribution in [3.63, 3.8) is 0 Å². The van der Waals surface area contributed by atoms with Crippen LogP contribution in [0.4, 0.5) is 5.69 Å². The normalized spacial score (nSPS) is 11.7. The first-order valence-electron chi connectivity index (χ1n) is 4.15. The van der Waals surface area contributed by atoms with Gasteiger partial charge in [-0.3, -0.25) is 4.98 Å². The third-order valence-electron chi connectivity index (χ3n) is 1.64. The molecule has 3 N–H and O–H groups in total. The smallest absolute Gasteiger partial charge is 0.0650 e. The van der Waals surface area contributed by atoms with Gasteiger partial charge in [-0.2, -0.15) is 0 Å². The molecule has 0 aromatic carbocycles. The fourth-order valence-corrected chi connectivity index (χ4v) is 2.38. The Labute approximate surface area is 96.2 Å². The Morgan fingerprint density at radius 1 is 1.57 bits per heavy atom. The van der Waals surface area contributed by atoms with E-state index in [0.29, 0.717) is 5.69 Å². The van der Waals surface area contributed by atoms with E-state index in [-0.39, 0.29) is 11.4 Å². The number of nitrogens with zero attached hydrogens (tertiary/aromatic N) is 1. The molecule has 0 amide bonds. The molecule has 0 bridgehead atoms. The number of nitrogens with two attached hydrogens (primary N) is 1. The lowest BCUT2D eigenvalue weighted by molar-refractivity contribution is 0.265. The molecule has 0 spiro atoms. The summed E-state index contributed by atoms with van der Waals surface area (Å²) in [7, 11) is 0. The summed E-state index contributed by atoms with van der Waals surface area (Å²) < 4.78 is 0.627. The number of aliphatic hydroxyl groups excluding tert-OH is 1. The average Bonchev–Trinajstić information content (AvgIpc) is 2.12. The second kappa shape index (κ2) is 4.51. The van der Waals surface area contributed by atoms with Gasteiger partial charge in [-0.1, -0.05) is 0 Å². The van der Waals surface area contributed by atoms with Gasteiger partial charge in [-0.15, -0.1) is 11.8 Å². The highest BCUT2D eigenvalue weighted by Gasteiger charge is 2.21. The van der Waals surface area contributed by atoms with Crippen LogP contribution in [0.15, 0.2) is 21.8 Å². The van der Waals surface area contributed by atoms with Gasteiger partial charge in [0.2, 0.25) is 0 Å². The zero-order valence-corrected chi connectivity index (χ0v) is 10.5. The van der Waals surface area contributed by atoms with Crippen LogP contribution in [0.2, 0.25) is 0 Å². The highest BCUT2D eigenvalue weighted by atomic mass is 79.9. The number of pyridine rings is 1. The minimum Gasteiger partial charge on any atom is -0.397 e. The van der Waals surface area contributed by atoms with Crippen LogP contribution in [-0.4, -0.2) is 21.4 Å². The van der Waals surface area contributed by atoms with Gasteiger partial charge in [-0.05, 0) is 29.8 Å². The van der Waals surface area contributed by atoms with E-state index in [0.717, 1.165) is 9.37 Å². The number of hydrogen-bond donors (Lipinski definition) is 2. The van der Waals surface area contributed by atoms with Crippen LogP contribution in [0.5, 0.6) is 0 Å². The number of aliphatic hydroxyl groups is 1. The Balaban J connectivity index is 2.97. The summed E-state index contributed by atoms with van der Waals surface area (Å²) in [5.41, 5.74) is 6.42. The fraction of sp³-hybridized carbons (Fsp3) is 0.444. The third kappa shape index (κ3) is 2.87. The summed E-state index contributed by atoms with van der Waals surface area (Å²) in [5.74, 6) is 0. The lowest BCUT2D eigenvalue weighted by atomic mass is 10.2. The molecular formula is C9H13BrN2OS. The number of hydrogen-bond acceptors (Lipinski definition) is 4. The molecule has 0 aliphatic rings. The van der Waals surface area contributed by atoms with Crippen LogP contribution in [0.3, 0.4) is 0 Å². The molecule has 1 heterocycles. The highest BCUT2D eigenvalue weighted by molar-refractivity contribution is 9.10. The minimum atomic E-state index is -0.238. The van der Waals surface area contributed by atoms with E-state index in [1.54, 1.807) is 12.4 Å². The van der Waals surface area contributed by atoms with Crippen LogP contribution in [0.25, 0.3) is 0 Å². The van der Waals surface area contributed by atoms with Crippen molar-refractivity contribution in [3.05, 3.63) is 16.9 Å². The maximum absolute atomic E-state index is 9.14. The summed E-state index contributed by atoms with van der Waals surface area (Å²) in [6.45, 7) is 4.03. The van der Waals surface area contributed by atoms with E-state index in [4.69, 9.17) is 10.8 Å². The Morgan fingerprint density at radius 2 is 2.21 bits per heavy atom. The van der Waals surface area contributed by atoms with E-state index >= 15 is 0 Å². The van der Waals surface area contributed by atoms with Gasteiger partial charge in [0.25, 0.3) is 0 Å². The fourth-order valence-electron chi connectivity index (χ4n) is 0.854.